The highest BCUT2D eigenvalue weighted by Gasteiger charge is 2.19. The van der Waals surface area contributed by atoms with Gasteiger partial charge in [0.15, 0.2) is 0 Å². The Hall–Kier alpha value is -2.33. The zero-order valence-electron chi connectivity index (χ0n) is 11.9. The molecule has 1 aromatic heterocycles. The SMILES string of the molecule is Cn1nc(C(N)c2ccc3c(c2)CCO3)c2ccccc21. The Kier molecular flexibility index (Phi) is 2.72. The van der Waals surface area contributed by atoms with E-state index in [1.54, 1.807) is 0 Å². The summed E-state index contributed by atoms with van der Waals surface area (Å²) in [5, 5.41) is 5.74. The van der Waals surface area contributed by atoms with Gasteiger partial charge < -0.3 is 10.5 Å². The molecule has 2 N–H and O–H groups in total. The lowest BCUT2D eigenvalue weighted by Gasteiger charge is -2.11. The van der Waals surface area contributed by atoms with E-state index >= 15 is 0 Å². The van der Waals surface area contributed by atoms with Crippen molar-refractivity contribution < 1.29 is 4.74 Å². The van der Waals surface area contributed by atoms with Crippen LogP contribution in [0.3, 0.4) is 0 Å². The van der Waals surface area contributed by atoms with Gasteiger partial charge in [-0.2, -0.15) is 5.10 Å². The summed E-state index contributed by atoms with van der Waals surface area (Å²) in [5.41, 5.74) is 10.8. The third-order valence-corrected chi connectivity index (χ3v) is 4.15. The lowest BCUT2D eigenvalue weighted by Crippen LogP contribution is -2.13. The summed E-state index contributed by atoms with van der Waals surface area (Å²) in [4.78, 5) is 0. The molecular weight excluding hydrogens is 262 g/mol. The highest BCUT2D eigenvalue weighted by Crippen LogP contribution is 2.31. The Morgan fingerprint density at radius 3 is 3.00 bits per heavy atom. The van der Waals surface area contributed by atoms with Gasteiger partial charge in [0.2, 0.25) is 0 Å². The maximum absolute atomic E-state index is 6.47. The highest BCUT2D eigenvalue weighted by atomic mass is 16.5. The average Bonchev–Trinajstić information content (AvgIpc) is 3.11. The first-order valence-corrected chi connectivity index (χ1v) is 7.17. The molecule has 21 heavy (non-hydrogen) atoms. The number of fused-ring (bicyclic) bond motifs is 2. The van der Waals surface area contributed by atoms with Crippen molar-refractivity contribution >= 4 is 10.9 Å². The zero-order chi connectivity index (χ0) is 14.4. The number of ether oxygens (including phenoxy) is 1. The Morgan fingerprint density at radius 1 is 1.24 bits per heavy atom. The van der Waals surface area contributed by atoms with Crippen molar-refractivity contribution in [2.45, 2.75) is 12.5 Å². The molecule has 4 nitrogen and oxygen atoms in total. The van der Waals surface area contributed by atoms with E-state index in [4.69, 9.17) is 10.5 Å². The second-order valence-corrected chi connectivity index (χ2v) is 5.47. The van der Waals surface area contributed by atoms with Gasteiger partial charge in [-0.15, -0.1) is 0 Å². The minimum Gasteiger partial charge on any atom is -0.493 e. The van der Waals surface area contributed by atoms with Crippen LogP contribution < -0.4 is 10.5 Å². The van der Waals surface area contributed by atoms with Crippen molar-refractivity contribution in [1.82, 2.24) is 9.78 Å². The van der Waals surface area contributed by atoms with Crippen LogP contribution in [0.1, 0.15) is 22.9 Å². The lowest BCUT2D eigenvalue weighted by atomic mass is 9.99. The summed E-state index contributed by atoms with van der Waals surface area (Å²) < 4.78 is 7.44. The summed E-state index contributed by atoms with van der Waals surface area (Å²) in [6, 6.07) is 14.2. The van der Waals surface area contributed by atoms with Crippen LogP contribution in [0.25, 0.3) is 10.9 Å². The molecule has 3 aromatic rings. The van der Waals surface area contributed by atoms with Gasteiger partial charge in [0.1, 0.15) is 5.75 Å². The first-order chi connectivity index (χ1) is 10.2. The maximum Gasteiger partial charge on any atom is 0.122 e. The number of nitrogens with zero attached hydrogens (tertiary/aromatic N) is 2. The molecule has 4 rings (SSSR count). The van der Waals surface area contributed by atoms with Gasteiger partial charge in [0, 0.05) is 18.9 Å². The predicted octanol–water partition coefficient (Wildman–Crippen LogP) is 2.56. The molecule has 0 radical (unpaired) electrons. The summed E-state index contributed by atoms with van der Waals surface area (Å²) in [5.74, 6) is 0.983. The van der Waals surface area contributed by atoms with Gasteiger partial charge in [-0.1, -0.05) is 30.3 Å². The molecule has 1 unspecified atom stereocenters. The van der Waals surface area contributed by atoms with Crippen LogP contribution in [0.15, 0.2) is 42.5 Å². The Morgan fingerprint density at radius 2 is 2.10 bits per heavy atom. The van der Waals surface area contributed by atoms with E-state index in [0.29, 0.717) is 0 Å². The van der Waals surface area contributed by atoms with Crippen LogP contribution in [0.2, 0.25) is 0 Å². The second-order valence-electron chi connectivity index (χ2n) is 5.47. The first-order valence-electron chi connectivity index (χ1n) is 7.17. The molecule has 0 saturated carbocycles. The number of hydrogen-bond donors (Lipinski definition) is 1. The van der Waals surface area contributed by atoms with Crippen LogP contribution >= 0.6 is 0 Å². The van der Waals surface area contributed by atoms with Crippen molar-refractivity contribution in [3.63, 3.8) is 0 Å². The third-order valence-electron chi connectivity index (χ3n) is 4.15. The lowest BCUT2D eigenvalue weighted by molar-refractivity contribution is 0.357. The summed E-state index contributed by atoms with van der Waals surface area (Å²) in [6.07, 6.45) is 0.957. The van der Waals surface area contributed by atoms with Crippen LogP contribution in [-0.2, 0) is 13.5 Å². The minimum absolute atomic E-state index is 0.220. The molecule has 1 aliphatic heterocycles. The molecule has 0 amide bonds. The van der Waals surface area contributed by atoms with Crippen LogP contribution in [-0.4, -0.2) is 16.4 Å². The van der Waals surface area contributed by atoms with Crippen molar-refractivity contribution in [1.29, 1.82) is 0 Å². The molecule has 2 aromatic carbocycles. The van der Waals surface area contributed by atoms with Crippen LogP contribution in [0.4, 0.5) is 0 Å². The highest BCUT2D eigenvalue weighted by molar-refractivity contribution is 5.82. The Bertz CT molecular complexity index is 822. The van der Waals surface area contributed by atoms with Gasteiger partial charge in [0.05, 0.1) is 23.9 Å². The molecule has 0 fully saturated rings. The normalized spacial score (nSPS) is 15.0. The topological polar surface area (TPSA) is 53.1 Å². The van der Waals surface area contributed by atoms with Crippen molar-refractivity contribution in [2.24, 2.45) is 12.8 Å². The Balaban J connectivity index is 1.81. The maximum atomic E-state index is 6.47. The van der Waals surface area contributed by atoms with Crippen molar-refractivity contribution in [3.05, 3.63) is 59.3 Å². The van der Waals surface area contributed by atoms with Gasteiger partial charge in [-0.3, -0.25) is 4.68 Å². The van der Waals surface area contributed by atoms with E-state index in [1.807, 2.05) is 36.0 Å². The molecule has 1 aliphatic rings. The quantitative estimate of drug-likeness (QED) is 0.784. The van der Waals surface area contributed by atoms with E-state index < -0.39 is 0 Å². The zero-order valence-corrected chi connectivity index (χ0v) is 11.9. The molecule has 0 bridgehead atoms. The number of aromatic nitrogens is 2. The van der Waals surface area contributed by atoms with E-state index in [-0.39, 0.29) is 6.04 Å². The van der Waals surface area contributed by atoms with Crippen molar-refractivity contribution in [2.75, 3.05) is 6.61 Å². The molecule has 0 aliphatic carbocycles. The number of para-hydroxylation sites is 1. The average molecular weight is 279 g/mol. The minimum atomic E-state index is -0.220. The third kappa shape index (κ3) is 1.91. The first kappa shape index (κ1) is 12.4. The second kappa shape index (κ2) is 4.60. The Labute approximate surface area is 123 Å². The smallest absolute Gasteiger partial charge is 0.122 e. The van der Waals surface area contributed by atoms with Gasteiger partial charge in [0.25, 0.3) is 0 Å². The van der Waals surface area contributed by atoms with E-state index in [9.17, 15) is 0 Å². The van der Waals surface area contributed by atoms with Crippen LogP contribution in [0, 0.1) is 0 Å². The number of benzene rings is 2. The van der Waals surface area contributed by atoms with E-state index in [2.05, 4.69) is 23.3 Å². The number of nitrogens with two attached hydrogens (primary N) is 1. The predicted molar refractivity (Wildman–Crippen MR) is 82.4 cm³/mol. The standard InChI is InChI=1S/C17H17N3O/c1-20-14-5-3-2-4-13(14)17(19-20)16(18)12-6-7-15-11(10-12)8-9-21-15/h2-7,10,16H,8-9,18H2,1H3. The van der Waals surface area contributed by atoms with Gasteiger partial charge >= 0.3 is 0 Å². The monoisotopic (exact) mass is 279 g/mol. The largest absolute Gasteiger partial charge is 0.493 e. The fourth-order valence-electron chi connectivity index (χ4n) is 3.03. The number of aryl methyl sites for hydroxylation is 1. The molecule has 0 spiro atoms. The summed E-state index contributed by atoms with van der Waals surface area (Å²) in [7, 11) is 1.95. The van der Waals surface area contributed by atoms with Crippen LogP contribution in [0.5, 0.6) is 5.75 Å². The summed E-state index contributed by atoms with van der Waals surface area (Å²) >= 11 is 0. The van der Waals surface area contributed by atoms with Crippen molar-refractivity contribution in [3.8, 4) is 5.75 Å². The number of hydrogen-bond acceptors (Lipinski definition) is 3. The molecule has 1 atom stereocenters. The van der Waals surface area contributed by atoms with Gasteiger partial charge in [-0.05, 0) is 23.3 Å². The number of rotatable bonds is 2. The molecule has 2 heterocycles. The fraction of sp³-hybridized carbons (Fsp3) is 0.235. The fourth-order valence-corrected chi connectivity index (χ4v) is 3.03. The van der Waals surface area contributed by atoms with E-state index in [1.165, 1.54) is 5.56 Å². The molecule has 0 saturated heterocycles. The molecule has 106 valence electrons. The van der Waals surface area contributed by atoms with Gasteiger partial charge in [-0.25, -0.2) is 0 Å². The summed E-state index contributed by atoms with van der Waals surface area (Å²) in [6.45, 7) is 0.764. The molecular formula is C17H17N3O. The molecule has 4 heteroatoms. The van der Waals surface area contributed by atoms with E-state index in [0.717, 1.165) is 40.9 Å².